The maximum Gasteiger partial charge on any atom is 0.319 e. The molecule has 0 aliphatic rings. The fourth-order valence-electron chi connectivity index (χ4n) is 0.714. The molecule has 0 fully saturated rings. The fourth-order valence-corrected chi connectivity index (χ4v) is 1.38. The Hall–Kier alpha value is -0.880. The lowest BCUT2D eigenvalue weighted by atomic mass is 10.3. The van der Waals surface area contributed by atoms with Gasteiger partial charge >= 0.3 is 9.24 Å². The van der Waals surface area contributed by atoms with E-state index in [1.807, 2.05) is 0 Å². The average molecular weight is 228 g/mol. The lowest BCUT2D eigenvalue weighted by Gasteiger charge is -2.02. The van der Waals surface area contributed by atoms with E-state index in [4.69, 9.17) is 10.7 Å². The van der Waals surface area contributed by atoms with Crippen LogP contribution >= 0.6 is 10.7 Å². The summed E-state index contributed by atoms with van der Waals surface area (Å²) in [6, 6.07) is 3.07. The summed E-state index contributed by atoms with van der Waals surface area (Å²) in [7, 11) is 0.663. The van der Waals surface area contributed by atoms with Gasteiger partial charge < -0.3 is 0 Å². The first-order chi connectivity index (χ1) is 5.90. The van der Waals surface area contributed by atoms with Crippen molar-refractivity contribution in [3.63, 3.8) is 0 Å². The molecular weight excluding hydrogens is 224 g/mol. The highest BCUT2D eigenvalue weighted by Gasteiger charge is 2.11. The summed E-state index contributed by atoms with van der Waals surface area (Å²) in [6.45, 7) is 0. The molecule has 7 heteroatoms. The molecule has 3 nitrogen and oxygen atoms in total. The normalized spacial score (nSPS) is 11.3. The van der Waals surface area contributed by atoms with Crippen molar-refractivity contribution >= 4 is 25.6 Å². The van der Waals surface area contributed by atoms with Crippen LogP contribution in [0.4, 0.5) is 14.5 Å². The molecule has 0 aliphatic carbocycles. The van der Waals surface area contributed by atoms with E-state index in [1.165, 1.54) is 0 Å². The Morgan fingerprint density at radius 3 is 2.46 bits per heavy atom. The third-order valence-electron chi connectivity index (χ3n) is 1.18. The molecule has 1 N–H and O–H groups in total. The summed E-state index contributed by atoms with van der Waals surface area (Å²) in [5.41, 5.74) is -0.519. The van der Waals surface area contributed by atoms with Gasteiger partial charge in [-0.2, -0.15) is 8.42 Å². The molecule has 0 aliphatic heterocycles. The number of rotatable bonds is 2. The van der Waals surface area contributed by atoms with Crippen LogP contribution in [0.2, 0.25) is 0 Å². The molecule has 0 radical (unpaired) electrons. The van der Waals surface area contributed by atoms with Gasteiger partial charge in [0.05, 0.1) is 5.69 Å². The molecule has 0 atom stereocenters. The van der Waals surface area contributed by atoms with Gasteiger partial charge in [-0.25, -0.2) is 8.78 Å². The van der Waals surface area contributed by atoms with E-state index in [2.05, 4.69) is 0 Å². The van der Waals surface area contributed by atoms with Crippen molar-refractivity contribution in [3.8, 4) is 0 Å². The molecule has 0 heterocycles. The van der Waals surface area contributed by atoms with E-state index in [1.54, 1.807) is 4.72 Å². The Labute approximate surface area is 77.9 Å². The predicted octanol–water partition coefficient (Wildman–Crippen LogP) is 1.86. The van der Waals surface area contributed by atoms with Crippen molar-refractivity contribution in [2.24, 2.45) is 0 Å². The second-order valence-corrected chi connectivity index (χ2v) is 4.44. The summed E-state index contributed by atoms with van der Waals surface area (Å²) in [6.07, 6.45) is 0. The maximum absolute atomic E-state index is 12.8. The summed E-state index contributed by atoms with van der Waals surface area (Å²) < 4.78 is 47.7. The van der Waals surface area contributed by atoms with Gasteiger partial charge in [-0.3, -0.25) is 4.72 Å². The standard InChI is InChI=1S/C6H4ClF2NO2S/c7-13(11,12)10-5-3-1-2-4(8)6(5)9/h1-3,10H. The Bertz CT molecular complexity index is 421. The van der Waals surface area contributed by atoms with Crippen molar-refractivity contribution in [2.75, 3.05) is 4.72 Å². The van der Waals surface area contributed by atoms with E-state index in [-0.39, 0.29) is 0 Å². The maximum atomic E-state index is 12.8. The van der Waals surface area contributed by atoms with Gasteiger partial charge in [0.15, 0.2) is 11.6 Å². The summed E-state index contributed by atoms with van der Waals surface area (Å²) in [4.78, 5) is 0. The van der Waals surface area contributed by atoms with E-state index < -0.39 is 26.6 Å². The average Bonchev–Trinajstić information content (AvgIpc) is 1.96. The Balaban J connectivity index is 3.10. The van der Waals surface area contributed by atoms with Crippen molar-refractivity contribution in [3.05, 3.63) is 29.8 Å². The lowest BCUT2D eigenvalue weighted by Crippen LogP contribution is -2.06. The Morgan fingerprint density at radius 1 is 1.31 bits per heavy atom. The van der Waals surface area contributed by atoms with Crippen LogP contribution in [0.1, 0.15) is 0 Å². The highest BCUT2D eigenvalue weighted by molar-refractivity contribution is 8.14. The molecule has 0 saturated heterocycles. The molecule has 0 unspecified atom stereocenters. The van der Waals surface area contributed by atoms with Crippen molar-refractivity contribution in [2.45, 2.75) is 0 Å². The van der Waals surface area contributed by atoms with Crippen molar-refractivity contribution in [1.29, 1.82) is 0 Å². The van der Waals surface area contributed by atoms with Crippen LogP contribution in [0.15, 0.2) is 18.2 Å². The highest BCUT2D eigenvalue weighted by Crippen LogP contribution is 2.18. The number of halogens is 3. The van der Waals surface area contributed by atoms with E-state index in [0.717, 1.165) is 18.2 Å². The first-order valence-electron chi connectivity index (χ1n) is 3.06. The van der Waals surface area contributed by atoms with Gasteiger partial charge in [-0.1, -0.05) is 6.07 Å². The van der Waals surface area contributed by atoms with E-state index in [0.29, 0.717) is 0 Å². The van der Waals surface area contributed by atoms with Crippen LogP contribution in [-0.2, 0) is 9.24 Å². The molecule has 13 heavy (non-hydrogen) atoms. The van der Waals surface area contributed by atoms with Crippen LogP contribution in [0, 0.1) is 11.6 Å². The first kappa shape index (κ1) is 10.2. The molecule has 0 aromatic heterocycles. The molecule has 0 amide bonds. The van der Waals surface area contributed by atoms with Crippen molar-refractivity contribution in [1.82, 2.24) is 0 Å². The number of hydrogen-bond donors (Lipinski definition) is 1. The van der Waals surface area contributed by atoms with E-state index >= 15 is 0 Å². The van der Waals surface area contributed by atoms with Gasteiger partial charge in [-0.15, -0.1) is 0 Å². The van der Waals surface area contributed by atoms with Gasteiger partial charge in [0, 0.05) is 10.7 Å². The van der Waals surface area contributed by atoms with E-state index in [9.17, 15) is 17.2 Å². The molecule has 1 aromatic carbocycles. The second kappa shape index (κ2) is 3.47. The summed E-state index contributed by atoms with van der Waals surface area (Å²) in [5.74, 6) is -2.43. The van der Waals surface area contributed by atoms with Gasteiger partial charge in [0.2, 0.25) is 0 Å². The third-order valence-corrected chi connectivity index (χ3v) is 1.88. The third kappa shape index (κ3) is 2.82. The van der Waals surface area contributed by atoms with Gasteiger partial charge in [-0.05, 0) is 12.1 Å². The van der Waals surface area contributed by atoms with Gasteiger partial charge in [0.1, 0.15) is 0 Å². The molecule has 0 bridgehead atoms. The van der Waals surface area contributed by atoms with Crippen LogP contribution in [-0.4, -0.2) is 8.42 Å². The highest BCUT2D eigenvalue weighted by atomic mass is 35.7. The number of anilines is 1. The number of hydrogen-bond acceptors (Lipinski definition) is 2. The number of nitrogens with one attached hydrogen (secondary N) is 1. The summed E-state index contributed by atoms with van der Waals surface area (Å²) in [5, 5.41) is 0. The largest absolute Gasteiger partial charge is 0.319 e. The topological polar surface area (TPSA) is 46.2 Å². The molecule has 1 rings (SSSR count). The second-order valence-electron chi connectivity index (χ2n) is 2.14. The molecule has 72 valence electrons. The minimum Gasteiger partial charge on any atom is -0.268 e. The van der Waals surface area contributed by atoms with Crippen LogP contribution in [0.3, 0.4) is 0 Å². The molecule has 0 saturated carbocycles. The number of benzene rings is 1. The predicted molar refractivity (Wildman–Crippen MR) is 44.8 cm³/mol. The fraction of sp³-hybridized carbons (Fsp3) is 0. The summed E-state index contributed by atoms with van der Waals surface area (Å²) >= 11 is 0. The monoisotopic (exact) mass is 227 g/mol. The smallest absolute Gasteiger partial charge is 0.268 e. The quantitative estimate of drug-likeness (QED) is 0.784. The van der Waals surface area contributed by atoms with Crippen LogP contribution in [0.5, 0.6) is 0 Å². The zero-order chi connectivity index (χ0) is 10.1. The van der Waals surface area contributed by atoms with Crippen LogP contribution < -0.4 is 4.72 Å². The first-order valence-corrected chi connectivity index (χ1v) is 5.37. The minimum absolute atomic E-state index is 0.519. The molecular formula is C6H4ClF2NO2S. The zero-order valence-electron chi connectivity index (χ0n) is 6.09. The minimum atomic E-state index is -4.10. The molecule has 1 aromatic rings. The van der Waals surface area contributed by atoms with Crippen LogP contribution in [0.25, 0.3) is 0 Å². The Morgan fingerprint density at radius 2 is 1.92 bits per heavy atom. The van der Waals surface area contributed by atoms with Crippen molar-refractivity contribution < 1.29 is 17.2 Å². The Kier molecular flexibility index (Phi) is 2.72. The zero-order valence-corrected chi connectivity index (χ0v) is 7.66. The SMILES string of the molecule is O=S(=O)(Cl)Nc1cccc(F)c1F. The lowest BCUT2D eigenvalue weighted by molar-refractivity contribution is 0.512. The van der Waals surface area contributed by atoms with Gasteiger partial charge in [0.25, 0.3) is 0 Å². The molecule has 0 spiro atoms.